The quantitative estimate of drug-likeness (QED) is 0.626. The smallest absolute Gasteiger partial charge is 0.311 e. The number of hydrogen-bond acceptors (Lipinski definition) is 5. The fraction of sp³-hybridized carbons (Fsp3) is 0.545. The Kier molecular flexibility index (Phi) is 2.65. The van der Waals surface area contributed by atoms with Crippen LogP contribution in [-0.2, 0) is 0 Å². The van der Waals surface area contributed by atoms with Gasteiger partial charge in [-0.25, -0.2) is 4.98 Å². The number of nitrogen functional groups attached to an aromatic ring is 1. The second kappa shape index (κ2) is 3.87. The summed E-state index contributed by atoms with van der Waals surface area (Å²) < 4.78 is 0. The first-order valence-electron chi connectivity index (χ1n) is 5.60. The summed E-state index contributed by atoms with van der Waals surface area (Å²) in [4.78, 5) is 16.7. The van der Waals surface area contributed by atoms with Crippen molar-refractivity contribution in [3.63, 3.8) is 0 Å². The van der Waals surface area contributed by atoms with Crippen LogP contribution in [-0.4, -0.2) is 22.0 Å². The lowest BCUT2D eigenvalue weighted by Gasteiger charge is -2.32. The first-order chi connectivity index (χ1) is 7.92. The minimum Gasteiger partial charge on any atom is -0.384 e. The highest BCUT2D eigenvalue weighted by molar-refractivity contribution is 5.62. The summed E-state index contributed by atoms with van der Waals surface area (Å²) in [6.45, 7) is 4.91. The highest BCUT2D eigenvalue weighted by Gasteiger charge is 2.36. The lowest BCUT2D eigenvalue weighted by Crippen LogP contribution is -2.39. The average Bonchev–Trinajstić information content (AvgIpc) is 2.57. The van der Waals surface area contributed by atoms with Gasteiger partial charge in [0.2, 0.25) is 5.82 Å². The van der Waals surface area contributed by atoms with E-state index in [4.69, 9.17) is 5.73 Å². The van der Waals surface area contributed by atoms with Gasteiger partial charge in [0.1, 0.15) is 5.82 Å². The number of aromatic nitrogens is 1. The van der Waals surface area contributed by atoms with E-state index in [1.165, 1.54) is 12.1 Å². The van der Waals surface area contributed by atoms with Crippen LogP contribution in [0.15, 0.2) is 12.1 Å². The number of nitro groups is 1. The molecule has 2 heterocycles. The molecule has 6 nitrogen and oxygen atoms in total. The van der Waals surface area contributed by atoms with Crippen LogP contribution in [0.4, 0.5) is 17.3 Å². The van der Waals surface area contributed by atoms with Crippen molar-refractivity contribution < 1.29 is 4.92 Å². The van der Waals surface area contributed by atoms with E-state index in [1.807, 2.05) is 4.90 Å². The van der Waals surface area contributed by atoms with Crippen LogP contribution in [0.3, 0.4) is 0 Å². The molecule has 0 aromatic carbocycles. The molecule has 1 aromatic rings. The van der Waals surface area contributed by atoms with E-state index in [2.05, 4.69) is 18.8 Å². The van der Waals surface area contributed by atoms with E-state index in [0.717, 1.165) is 19.4 Å². The van der Waals surface area contributed by atoms with Crippen LogP contribution >= 0.6 is 0 Å². The maximum absolute atomic E-state index is 11.0. The fourth-order valence-electron chi connectivity index (χ4n) is 2.30. The standard InChI is InChI=1S/C11H16N4O2/c1-11(2)6-3-7-14(11)10-8(15(16)17)4-5-9(12)13-10/h4-5H,3,6-7H2,1-2H3,(H2,12,13). The summed E-state index contributed by atoms with van der Waals surface area (Å²) >= 11 is 0. The van der Waals surface area contributed by atoms with E-state index >= 15 is 0 Å². The van der Waals surface area contributed by atoms with Gasteiger partial charge in [0, 0.05) is 18.2 Å². The Morgan fingerprint density at radius 1 is 1.53 bits per heavy atom. The van der Waals surface area contributed by atoms with Crippen molar-refractivity contribution in [1.29, 1.82) is 0 Å². The summed E-state index contributed by atoms with van der Waals surface area (Å²) in [6, 6.07) is 2.89. The second-order valence-corrected chi connectivity index (χ2v) is 4.90. The molecular formula is C11H16N4O2. The van der Waals surface area contributed by atoms with Gasteiger partial charge in [-0.3, -0.25) is 10.1 Å². The third kappa shape index (κ3) is 2.02. The Morgan fingerprint density at radius 2 is 2.24 bits per heavy atom. The van der Waals surface area contributed by atoms with Gasteiger partial charge in [-0.1, -0.05) is 0 Å². The summed E-state index contributed by atoms with van der Waals surface area (Å²) in [5.74, 6) is 0.700. The van der Waals surface area contributed by atoms with Gasteiger partial charge in [-0.15, -0.1) is 0 Å². The molecule has 1 saturated heterocycles. The van der Waals surface area contributed by atoms with Crippen LogP contribution < -0.4 is 10.6 Å². The molecule has 1 aliphatic heterocycles. The minimum absolute atomic E-state index is 0.0224. The SMILES string of the molecule is CC1(C)CCCN1c1nc(N)ccc1[N+](=O)[O-]. The van der Waals surface area contributed by atoms with E-state index in [1.54, 1.807) is 0 Å². The Labute approximate surface area is 99.6 Å². The number of nitrogens with zero attached hydrogens (tertiary/aromatic N) is 3. The zero-order chi connectivity index (χ0) is 12.6. The summed E-state index contributed by atoms with van der Waals surface area (Å²) in [7, 11) is 0. The van der Waals surface area contributed by atoms with Crippen LogP contribution in [0.1, 0.15) is 26.7 Å². The minimum atomic E-state index is -0.407. The molecule has 2 N–H and O–H groups in total. The zero-order valence-corrected chi connectivity index (χ0v) is 10.0. The molecule has 0 radical (unpaired) electrons. The second-order valence-electron chi connectivity index (χ2n) is 4.90. The van der Waals surface area contributed by atoms with Gasteiger partial charge in [0.25, 0.3) is 0 Å². The van der Waals surface area contributed by atoms with Crippen molar-refractivity contribution in [2.24, 2.45) is 0 Å². The molecule has 17 heavy (non-hydrogen) atoms. The molecule has 1 aromatic heterocycles. The van der Waals surface area contributed by atoms with Crippen molar-refractivity contribution in [3.05, 3.63) is 22.2 Å². The van der Waals surface area contributed by atoms with Gasteiger partial charge in [-0.2, -0.15) is 0 Å². The zero-order valence-electron chi connectivity index (χ0n) is 10.0. The summed E-state index contributed by atoms with van der Waals surface area (Å²) in [5.41, 5.74) is 5.54. The molecule has 0 aliphatic carbocycles. The number of pyridine rings is 1. The molecule has 0 atom stereocenters. The average molecular weight is 236 g/mol. The maximum Gasteiger partial charge on any atom is 0.311 e. The van der Waals surface area contributed by atoms with E-state index in [-0.39, 0.29) is 11.2 Å². The largest absolute Gasteiger partial charge is 0.384 e. The first kappa shape index (κ1) is 11.6. The van der Waals surface area contributed by atoms with Crippen LogP contribution in [0.2, 0.25) is 0 Å². The van der Waals surface area contributed by atoms with E-state index in [0.29, 0.717) is 11.6 Å². The van der Waals surface area contributed by atoms with Gasteiger partial charge in [-0.05, 0) is 32.8 Å². The Balaban J connectivity index is 2.50. The number of hydrogen-bond donors (Lipinski definition) is 1. The Bertz CT molecular complexity index is 459. The van der Waals surface area contributed by atoms with Crippen LogP contribution in [0.5, 0.6) is 0 Å². The molecule has 2 rings (SSSR count). The van der Waals surface area contributed by atoms with Crippen molar-refractivity contribution in [2.75, 3.05) is 17.2 Å². The van der Waals surface area contributed by atoms with Crippen molar-refractivity contribution >= 4 is 17.3 Å². The molecule has 0 amide bonds. The Morgan fingerprint density at radius 3 is 2.76 bits per heavy atom. The normalized spacial score (nSPS) is 18.4. The van der Waals surface area contributed by atoms with Gasteiger partial charge < -0.3 is 10.6 Å². The molecular weight excluding hydrogens is 220 g/mol. The number of anilines is 2. The van der Waals surface area contributed by atoms with Gasteiger partial charge >= 0.3 is 5.69 Å². The van der Waals surface area contributed by atoms with Crippen molar-refractivity contribution in [1.82, 2.24) is 4.98 Å². The predicted octanol–water partition coefficient (Wildman–Crippen LogP) is 1.95. The monoisotopic (exact) mass is 236 g/mol. The fourth-order valence-corrected chi connectivity index (χ4v) is 2.30. The molecule has 0 bridgehead atoms. The van der Waals surface area contributed by atoms with Crippen LogP contribution in [0.25, 0.3) is 0 Å². The first-order valence-corrected chi connectivity index (χ1v) is 5.60. The molecule has 0 saturated carbocycles. The maximum atomic E-state index is 11.0. The molecule has 0 spiro atoms. The third-order valence-corrected chi connectivity index (χ3v) is 3.23. The molecule has 1 fully saturated rings. The number of rotatable bonds is 2. The molecule has 0 unspecified atom stereocenters. The molecule has 1 aliphatic rings. The highest BCUT2D eigenvalue weighted by atomic mass is 16.6. The predicted molar refractivity (Wildman–Crippen MR) is 66.0 cm³/mol. The lowest BCUT2D eigenvalue weighted by atomic mass is 10.0. The van der Waals surface area contributed by atoms with Gasteiger partial charge in [0.05, 0.1) is 4.92 Å². The van der Waals surface area contributed by atoms with Crippen LogP contribution in [0, 0.1) is 10.1 Å². The Hall–Kier alpha value is -1.85. The van der Waals surface area contributed by atoms with E-state index < -0.39 is 4.92 Å². The molecule has 6 heteroatoms. The lowest BCUT2D eigenvalue weighted by molar-refractivity contribution is -0.384. The van der Waals surface area contributed by atoms with E-state index in [9.17, 15) is 10.1 Å². The van der Waals surface area contributed by atoms with Crippen molar-refractivity contribution in [3.8, 4) is 0 Å². The molecule has 92 valence electrons. The highest BCUT2D eigenvalue weighted by Crippen LogP contribution is 2.37. The summed E-state index contributed by atoms with van der Waals surface area (Å²) in [6.07, 6.45) is 2.02. The third-order valence-electron chi connectivity index (χ3n) is 3.23. The van der Waals surface area contributed by atoms with Crippen molar-refractivity contribution in [2.45, 2.75) is 32.2 Å². The topological polar surface area (TPSA) is 85.3 Å². The van der Waals surface area contributed by atoms with Gasteiger partial charge in [0.15, 0.2) is 0 Å². The number of nitrogens with two attached hydrogens (primary N) is 1. The summed E-state index contributed by atoms with van der Waals surface area (Å²) in [5, 5.41) is 11.0.